The van der Waals surface area contributed by atoms with E-state index in [-0.39, 0.29) is 5.03 Å². The van der Waals surface area contributed by atoms with Crippen molar-refractivity contribution in [3.63, 3.8) is 0 Å². The number of hydrogen-bond acceptors (Lipinski definition) is 3. The quantitative estimate of drug-likeness (QED) is 0.783. The van der Waals surface area contributed by atoms with Crippen molar-refractivity contribution in [3.8, 4) is 0 Å². The summed E-state index contributed by atoms with van der Waals surface area (Å²) in [6.45, 7) is 1.97. The van der Waals surface area contributed by atoms with Gasteiger partial charge in [-0.15, -0.1) is 0 Å². The number of aryl methyl sites for hydroxylation is 1. The first-order valence-electron chi connectivity index (χ1n) is 4.51. The smallest absolute Gasteiger partial charge is 0.215 e. The first-order valence-corrected chi connectivity index (χ1v) is 6.05. The van der Waals surface area contributed by atoms with Gasteiger partial charge in [-0.1, -0.05) is 29.8 Å². The van der Waals surface area contributed by atoms with Crippen LogP contribution < -0.4 is 5.73 Å². The van der Waals surface area contributed by atoms with Crippen molar-refractivity contribution in [2.45, 2.75) is 6.92 Å². The molecule has 2 N–H and O–H groups in total. The van der Waals surface area contributed by atoms with E-state index in [1.807, 2.05) is 31.2 Å². The summed E-state index contributed by atoms with van der Waals surface area (Å²) >= 11 is 0. The van der Waals surface area contributed by atoms with Gasteiger partial charge in [0.25, 0.3) is 0 Å². The molecule has 2 rings (SSSR count). The maximum atomic E-state index is 11.3. The van der Waals surface area contributed by atoms with Gasteiger partial charge in [0.05, 0.1) is 0 Å². The Kier molecular flexibility index (Phi) is 2.16. The van der Waals surface area contributed by atoms with E-state index in [2.05, 4.69) is 0 Å². The van der Waals surface area contributed by atoms with Crippen molar-refractivity contribution in [1.29, 1.82) is 0 Å². The molecule has 0 saturated carbocycles. The molecule has 0 unspecified atom stereocenters. The van der Waals surface area contributed by atoms with Gasteiger partial charge in [-0.3, -0.25) is 0 Å². The number of nitrogens with two attached hydrogens (primary N) is 1. The Labute approximate surface area is 88.8 Å². The van der Waals surface area contributed by atoms with Crippen molar-refractivity contribution in [2.75, 3.05) is 0 Å². The van der Waals surface area contributed by atoms with Gasteiger partial charge in [-0.05, 0) is 18.6 Å². The third-order valence-corrected chi connectivity index (χ3v) is 3.68. The summed E-state index contributed by atoms with van der Waals surface area (Å²) in [5.41, 5.74) is 8.09. The van der Waals surface area contributed by atoms with E-state index in [4.69, 9.17) is 5.73 Å². The predicted octanol–water partition coefficient (Wildman–Crippen LogP) is 1.56. The number of rotatable bonds is 1. The van der Waals surface area contributed by atoms with E-state index < -0.39 is 9.84 Å². The fourth-order valence-corrected chi connectivity index (χ4v) is 2.39. The normalized spacial score (nSPS) is 18.5. The Balaban J connectivity index is 2.55. The summed E-state index contributed by atoms with van der Waals surface area (Å²) in [6.07, 6.45) is 1.54. The van der Waals surface area contributed by atoms with Crippen molar-refractivity contribution in [3.05, 3.63) is 51.9 Å². The van der Waals surface area contributed by atoms with Gasteiger partial charge in [0.1, 0.15) is 5.03 Å². The minimum absolute atomic E-state index is 0.0636. The molecule has 0 fully saturated rings. The average Bonchev–Trinajstić information content (AvgIpc) is 2.45. The lowest BCUT2D eigenvalue weighted by Crippen LogP contribution is -2.07. The van der Waals surface area contributed by atoms with E-state index >= 15 is 0 Å². The SMILES string of the molecule is Cc1ccc(C2=C(N)S(=O)(=O)C=C2)cc1. The third-order valence-electron chi connectivity index (χ3n) is 2.35. The van der Waals surface area contributed by atoms with Crippen LogP contribution in [0.15, 0.2) is 40.8 Å². The third kappa shape index (κ3) is 1.68. The second-order valence-corrected chi connectivity index (χ2v) is 5.29. The standard InChI is InChI=1S/C11H11NO2S/c1-8-2-4-9(5-3-8)10-6-7-15(13,14)11(10)12/h2-7H,12H2,1H3. The maximum absolute atomic E-state index is 11.3. The van der Waals surface area contributed by atoms with E-state index in [1.165, 1.54) is 6.08 Å². The summed E-state index contributed by atoms with van der Waals surface area (Å²) in [4.78, 5) is 0. The molecular weight excluding hydrogens is 210 g/mol. The highest BCUT2D eigenvalue weighted by Crippen LogP contribution is 2.27. The molecule has 0 radical (unpaired) electrons. The van der Waals surface area contributed by atoms with E-state index in [1.54, 1.807) is 0 Å². The molecule has 78 valence electrons. The highest BCUT2D eigenvalue weighted by molar-refractivity contribution is 7.98. The molecule has 0 atom stereocenters. The lowest BCUT2D eigenvalue weighted by molar-refractivity contribution is 0.610. The van der Waals surface area contributed by atoms with E-state index in [9.17, 15) is 8.42 Å². The molecular formula is C11H11NO2S. The molecule has 0 saturated heterocycles. The number of sulfone groups is 1. The Hall–Kier alpha value is -1.55. The molecule has 1 aromatic carbocycles. The Morgan fingerprint density at radius 2 is 1.73 bits per heavy atom. The molecule has 0 spiro atoms. The minimum atomic E-state index is -3.36. The van der Waals surface area contributed by atoms with Crippen molar-refractivity contribution in [2.24, 2.45) is 5.73 Å². The van der Waals surface area contributed by atoms with Gasteiger partial charge in [0, 0.05) is 11.0 Å². The molecule has 1 heterocycles. The number of hydrogen-bond donors (Lipinski definition) is 1. The molecule has 1 aliphatic rings. The van der Waals surface area contributed by atoms with Crippen molar-refractivity contribution >= 4 is 15.4 Å². The second-order valence-electron chi connectivity index (χ2n) is 3.49. The van der Waals surface area contributed by atoms with Crippen molar-refractivity contribution in [1.82, 2.24) is 0 Å². The van der Waals surface area contributed by atoms with Gasteiger partial charge in [0.2, 0.25) is 9.84 Å². The lowest BCUT2D eigenvalue weighted by Gasteiger charge is -2.02. The molecule has 0 amide bonds. The van der Waals surface area contributed by atoms with Crippen LogP contribution in [0.2, 0.25) is 0 Å². The summed E-state index contributed by atoms with van der Waals surface area (Å²) in [5, 5.41) is 1.07. The number of allylic oxidation sites excluding steroid dienone is 2. The summed E-state index contributed by atoms with van der Waals surface area (Å²) < 4.78 is 22.7. The van der Waals surface area contributed by atoms with Crippen LogP contribution in [-0.2, 0) is 9.84 Å². The molecule has 4 heteroatoms. The first-order chi connectivity index (χ1) is 7.00. The van der Waals surface area contributed by atoms with Crippen LogP contribution in [0.3, 0.4) is 0 Å². The fraction of sp³-hybridized carbons (Fsp3) is 0.0909. The second kappa shape index (κ2) is 3.24. The van der Waals surface area contributed by atoms with Crippen LogP contribution in [0.25, 0.3) is 5.57 Å². The van der Waals surface area contributed by atoms with E-state index in [0.717, 1.165) is 16.5 Å². The lowest BCUT2D eigenvalue weighted by atomic mass is 10.1. The molecule has 1 aromatic rings. The zero-order valence-corrected chi connectivity index (χ0v) is 9.08. The average molecular weight is 221 g/mol. The molecule has 3 nitrogen and oxygen atoms in total. The zero-order chi connectivity index (χ0) is 11.1. The molecule has 0 aromatic heterocycles. The Morgan fingerprint density at radius 1 is 1.13 bits per heavy atom. The van der Waals surface area contributed by atoms with Gasteiger partial charge >= 0.3 is 0 Å². The first kappa shape index (κ1) is 9.98. The topological polar surface area (TPSA) is 60.2 Å². The minimum Gasteiger partial charge on any atom is -0.389 e. The largest absolute Gasteiger partial charge is 0.389 e. The van der Waals surface area contributed by atoms with Crippen molar-refractivity contribution < 1.29 is 8.42 Å². The Morgan fingerprint density at radius 3 is 2.20 bits per heavy atom. The van der Waals surface area contributed by atoms with Crippen LogP contribution in [0.1, 0.15) is 11.1 Å². The zero-order valence-electron chi connectivity index (χ0n) is 8.27. The molecule has 1 aliphatic heterocycles. The summed E-state index contributed by atoms with van der Waals surface area (Å²) in [7, 11) is -3.36. The molecule has 0 aliphatic carbocycles. The van der Waals surface area contributed by atoms with Crippen LogP contribution in [0.4, 0.5) is 0 Å². The summed E-state index contributed by atoms with van der Waals surface area (Å²) in [5.74, 6) is 0. The number of benzene rings is 1. The van der Waals surface area contributed by atoms with Crippen LogP contribution >= 0.6 is 0 Å². The van der Waals surface area contributed by atoms with Crippen LogP contribution in [0, 0.1) is 6.92 Å². The van der Waals surface area contributed by atoms with Crippen LogP contribution in [0.5, 0.6) is 0 Å². The predicted molar refractivity (Wildman–Crippen MR) is 60.3 cm³/mol. The highest BCUT2D eigenvalue weighted by atomic mass is 32.2. The van der Waals surface area contributed by atoms with Crippen LogP contribution in [-0.4, -0.2) is 8.42 Å². The molecule has 0 bridgehead atoms. The summed E-state index contributed by atoms with van der Waals surface area (Å²) in [6, 6.07) is 7.58. The fourth-order valence-electron chi connectivity index (χ4n) is 1.44. The Bertz CT molecular complexity index is 551. The monoisotopic (exact) mass is 221 g/mol. The van der Waals surface area contributed by atoms with Gasteiger partial charge in [-0.2, -0.15) is 0 Å². The molecule has 15 heavy (non-hydrogen) atoms. The highest BCUT2D eigenvalue weighted by Gasteiger charge is 2.21. The van der Waals surface area contributed by atoms with Gasteiger partial charge in [0.15, 0.2) is 0 Å². The maximum Gasteiger partial charge on any atom is 0.215 e. The van der Waals surface area contributed by atoms with Gasteiger partial charge in [-0.25, -0.2) is 8.42 Å². The van der Waals surface area contributed by atoms with E-state index in [0.29, 0.717) is 5.57 Å². The van der Waals surface area contributed by atoms with Gasteiger partial charge < -0.3 is 5.73 Å².